The van der Waals surface area contributed by atoms with Crippen molar-refractivity contribution in [2.45, 2.75) is 19.8 Å². The first-order valence-corrected chi connectivity index (χ1v) is 10.1. The van der Waals surface area contributed by atoms with E-state index >= 15 is 0 Å². The lowest BCUT2D eigenvalue weighted by molar-refractivity contribution is -0.402. The highest BCUT2D eigenvalue weighted by Gasteiger charge is 2.26. The molecule has 1 aliphatic rings. The first kappa shape index (κ1) is 20.7. The highest BCUT2D eigenvalue weighted by Crippen LogP contribution is 2.19. The number of amides is 1. The van der Waals surface area contributed by atoms with Crippen LogP contribution >= 0.6 is 0 Å². The van der Waals surface area contributed by atoms with Crippen molar-refractivity contribution in [2.75, 3.05) is 32.7 Å². The smallest absolute Gasteiger partial charge is 0.395 e. The number of hydrogen-bond acceptors (Lipinski definition) is 8. The number of furan rings is 1. The normalized spacial score (nSPS) is 14.7. The van der Waals surface area contributed by atoms with Crippen LogP contribution in [0.2, 0.25) is 0 Å². The molecule has 0 atom stereocenters. The van der Waals surface area contributed by atoms with Crippen LogP contribution in [-0.2, 0) is 6.42 Å². The summed E-state index contributed by atoms with van der Waals surface area (Å²) < 4.78 is 10.4. The molecule has 1 aliphatic heterocycles. The van der Waals surface area contributed by atoms with Crippen molar-refractivity contribution in [3.8, 4) is 11.4 Å². The monoisotopic (exact) mass is 425 g/mol. The van der Waals surface area contributed by atoms with Gasteiger partial charge in [-0.25, -0.2) is 0 Å². The largest absolute Gasteiger partial charge is 0.433 e. The number of carbonyl (C=O) groups excluding carboxylic acids is 1. The minimum Gasteiger partial charge on any atom is -0.395 e. The van der Waals surface area contributed by atoms with Gasteiger partial charge in [0, 0.05) is 38.2 Å². The number of aromatic nitrogens is 2. The molecule has 4 rings (SSSR count). The standard InChI is InChI=1S/C21H23N5O5/c1-15-4-6-16(7-5-15)20-22-18(31-23-20)3-2-10-24-11-13-25(14-12-24)21(27)17-8-9-19(30-17)26(28)29/h4-9H,2-3,10-14H2,1H3. The molecular formula is C21H23N5O5. The molecule has 1 saturated heterocycles. The van der Waals surface area contributed by atoms with E-state index < -0.39 is 10.8 Å². The SMILES string of the molecule is Cc1ccc(-c2noc(CCCN3CCN(C(=O)c4ccc([N+](=O)[O-])o4)CC3)n2)cc1. The van der Waals surface area contributed by atoms with E-state index in [1.807, 2.05) is 31.2 Å². The molecule has 10 heteroatoms. The van der Waals surface area contributed by atoms with Crippen LogP contribution in [0.1, 0.15) is 28.4 Å². The number of aryl methyl sites for hydroxylation is 2. The van der Waals surface area contributed by atoms with Crippen molar-refractivity contribution < 1.29 is 18.7 Å². The molecule has 0 radical (unpaired) electrons. The van der Waals surface area contributed by atoms with Crippen LogP contribution in [0.15, 0.2) is 45.3 Å². The molecule has 0 saturated carbocycles. The maximum absolute atomic E-state index is 12.4. The van der Waals surface area contributed by atoms with Crippen LogP contribution in [0.25, 0.3) is 11.4 Å². The molecule has 10 nitrogen and oxygen atoms in total. The molecule has 2 aromatic heterocycles. The molecule has 1 aromatic carbocycles. The van der Waals surface area contributed by atoms with E-state index in [0.29, 0.717) is 31.2 Å². The summed E-state index contributed by atoms with van der Waals surface area (Å²) >= 11 is 0. The van der Waals surface area contributed by atoms with Gasteiger partial charge < -0.3 is 13.8 Å². The van der Waals surface area contributed by atoms with E-state index in [0.717, 1.165) is 31.6 Å². The van der Waals surface area contributed by atoms with Gasteiger partial charge >= 0.3 is 5.88 Å². The number of benzene rings is 1. The number of piperazine rings is 1. The zero-order valence-corrected chi connectivity index (χ0v) is 17.2. The number of rotatable bonds is 7. The Bertz CT molecular complexity index is 1050. The van der Waals surface area contributed by atoms with Gasteiger partial charge in [0.25, 0.3) is 5.91 Å². The Hall–Kier alpha value is -3.53. The highest BCUT2D eigenvalue weighted by molar-refractivity contribution is 5.91. The Kier molecular flexibility index (Phi) is 6.08. The lowest BCUT2D eigenvalue weighted by Gasteiger charge is -2.34. The zero-order chi connectivity index (χ0) is 21.8. The van der Waals surface area contributed by atoms with Gasteiger partial charge in [-0.3, -0.25) is 19.8 Å². The molecule has 3 heterocycles. The molecular weight excluding hydrogens is 402 g/mol. The fourth-order valence-corrected chi connectivity index (χ4v) is 3.50. The van der Waals surface area contributed by atoms with Crippen molar-refractivity contribution in [1.82, 2.24) is 19.9 Å². The average molecular weight is 425 g/mol. The van der Waals surface area contributed by atoms with Crippen molar-refractivity contribution >= 4 is 11.8 Å². The fraction of sp³-hybridized carbons (Fsp3) is 0.381. The van der Waals surface area contributed by atoms with Gasteiger partial charge in [0.15, 0.2) is 5.76 Å². The number of hydrogen-bond donors (Lipinski definition) is 0. The molecule has 162 valence electrons. The summed E-state index contributed by atoms with van der Waals surface area (Å²) in [5, 5.41) is 14.8. The summed E-state index contributed by atoms with van der Waals surface area (Å²) in [4.78, 5) is 30.9. The van der Waals surface area contributed by atoms with Crippen molar-refractivity contribution in [3.05, 3.63) is 63.7 Å². The van der Waals surface area contributed by atoms with Crippen molar-refractivity contribution in [3.63, 3.8) is 0 Å². The predicted octanol–water partition coefficient (Wildman–Crippen LogP) is 2.94. The third-order valence-electron chi connectivity index (χ3n) is 5.28. The van der Waals surface area contributed by atoms with Gasteiger partial charge in [0.1, 0.15) is 4.92 Å². The third kappa shape index (κ3) is 4.97. The second-order valence-corrected chi connectivity index (χ2v) is 7.51. The third-order valence-corrected chi connectivity index (χ3v) is 5.28. The summed E-state index contributed by atoms with van der Waals surface area (Å²) in [6, 6.07) is 10.5. The highest BCUT2D eigenvalue weighted by atomic mass is 16.6. The molecule has 1 fully saturated rings. The molecule has 0 aliphatic carbocycles. The Morgan fingerprint density at radius 3 is 2.55 bits per heavy atom. The second-order valence-electron chi connectivity index (χ2n) is 7.51. The summed E-state index contributed by atoms with van der Waals surface area (Å²) in [5.41, 5.74) is 2.11. The van der Waals surface area contributed by atoms with Gasteiger partial charge in [-0.2, -0.15) is 4.98 Å². The van der Waals surface area contributed by atoms with Crippen LogP contribution in [-0.4, -0.2) is 63.5 Å². The van der Waals surface area contributed by atoms with E-state index in [-0.39, 0.29) is 11.7 Å². The summed E-state index contributed by atoms with van der Waals surface area (Å²) in [6.07, 6.45) is 1.56. The Morgan fingerprint density at radius 1 is 1.13 bits per heavy atom. The Balaban J connectivity index is 1.21. The molecule has 0 unspecified atom stereocenters. The van der Waals surface area contributed by atoms with Crippen LogP contribution in [0, 0.1) is 17.0 Å². The molecule has 0 spiro atoms. The Labute approximate surface area is 178 Å². The van der Waals surface area contributed by atoms with Gasteiger partial charge in [0.05, 0.1) is 6.07 Å². The topological polar surface area (TPSA) is 119 Å². The molecule has 1 amide bonds. The zero-order valence-electron chi connectivity index (χ0n) is 17.2. The number of nitrogens with zero attached hydrogens (tertiary/aromatic N) is 5. The Morgan fingerprint density at radius 2 is 1.87 bits per heavy atom. The van der Waals surface area contributed by atoms with Crippen molar-refractivity contribution in [1.29, 1.82) is 0 Å². The lowest BCUT2D eigenvalue weighted by Crippen LogP contribution is -2.48. The number of carbonyl (C=O) groups is 1. The molecule has 0 N–H and O–H groups in total. The maximum Gasteiger partial charge on any atom is 0.433 e. The lowest BCUT2D eigenvalue weighted by atomic mass is 10.1. The van der Waals surface area contributed by atoms with Gasteiger partial charge in [0.2, 0.25) is 11.7 Å². The summed E-state index contributed by atoms with van der Waals surface area (Å²) in [7, 11) is 0. The van der Waals surface area contributed by atoms with Crippen LogP contribution in [0.5, 0.6) is 0 Å². The summed E-state index contributed by atoms with van der Waals surface area (Å²) in [5.74, 6) is 0.473. The van der Waals surface area contributed by atoms with Crippen LogP contribution < -0.4 is 0 Å². The number of nitro groups is 1. The van der Waals surface area contributed by atoms with Crippen LogP contribution in [0.3, 0.4) is 0 Å². The van der Waals surface area contributed by atoms with Crippen LogP contribution in [0.4, 0.5) is 5.88 Å². The predicted molar refractivity (Wildman–Crippen MR) is 110 cm³/mol. The van der Waals surface area contributed by atoms with E-state index in [1.54, 1.807) is 4.90 Å². The average Bonchev–Trinajstić information content (AvgIpc) is 3.45. The summed E-state index contributed by atoms with van der Waals surface area (Å²) in [6.45, 7) is 5.44. The maximum atomic E-state index is 12.4. The quantitative estimate of drug-likeness (QED) is 0.419. The minimum atomic E-state index is -0.651. The van der Waals surface area contributed by atoms with Crippen molar-refractivity contribution in [2.24, 2.45) is 0 Å². The van der Waals surface area contributed by atoms with E-state index in [4.69, 9.17) is 8.94 Å². The minimum absolute atomic E-state index is 0.000856. The van der Waals surface area contributed by atoms with E-state index in [2.05, 4.69) is 15.0 Å². The van der Waals surface area contributed by atoms with E-state index in [1.165, 1.54) is 17.7 Å². The van der Waals surface area contributed by atoms with E-state index in [9.17, 15) is 14.9 Å². The first-order chi connectivity index (χ1) is 15.0. The molecule has 3 aromatic rings. The van der Waals surface area contributed by atoms with Gasteiger partial charge in [-0.05, 0) is 26.0 Å². The molecule has 0 bridgehead atoms. The second kappa shape index (κ2) is 9.09. The fourth-order valence-electron chi connectivity index (χ4n) is 3.50. The molecule has 31 heavy (non-hydrogen) atoms. The van der Waals surface area contributed by atoms with Gasteiger partial charge in [-0.1, -0.05) is 35.0 Å². The first-order valence-electron chi connectivity index (χ1n) is 10.1. The van der Waals surface area contributed by atoms with Gasteiger partial charge in [-0.15, -0.1) is 0 Å².